The van der Waals surface area contributed by atoms with Crippen molar-refractivity contribution in [1.29, 1.82) is 0 Å². The zero-order valence-corrected chi connectivity index (χ0v) is 25.0. The summed E-state index contributed by atoms with van der Waals surface area (Å²) in [4.78, 5) is 30.2. The molecule has 1 aliphatic rings. The second kappa shape index (κ2) is 12.3. The van der Waals surface area contributed by atoms with Crippen LogP contribution in [0.2, 0.25) is 0 Å². The van der Waals surface area contributed by atoms with Crippen molar-refractivity contribution in [3.63, 3.8) is 0 Å². The van der Waals surface area contributed by atoms with Gasteiger partial charge in [-0.1, -0.05) is 29.8 Å². The number of hydrogen-bond acceptors (Lipinski definition) is 10. The van der Waals surface area contributed by atoms with Gasteiger partial charge < -0.3 is 14.3 Å². The average Bonchev–Trinajstić information content (AvgIpc) is 3.35. The van der Waals surface area contributed by atoms with Crippen LogP contribution in [0, 0.1) is 12.8 Å². The van der Waals surface area contributed by atoms with Gasteiger partial charge in [-0.3, -0.25) is 9.80 Å². The highest BCUT2D eigenvalue weighted by Gasteiger charge is 2.36. The number of carbonyl (C=O) groups is 2. The number of alkyl halides is 3. The molecule has 0 saturated carbocycles. The summed E-state index contributed by atoms with van der Waals surface area (Å²) in [6.45, 7) is 5.09. The third-order valence-electron chi connectivity index (χ3n) is 6.68. The molecule has 1 unspecified atom stereocenters. The Hall–Kier alpha value is -4.87. The fourth-order valence-electron chi connectivity index (χ4n) is 4.42. The normalized spacial score (nSPS) is 15.4. The van der Waals surface area contributed by atoms with Crippen LogP contribution in [0.4, 0.5) is 18.0 Å². The van der Waals surface area contributed by atoms with Crippen LogP contribution in [0.25, 0.3) is 16.9 Å². The van der Waals surface area contributed by atoms with E-state index in [0.717, 1.165) is 21.3 Å². The lowest BCUT2D eigenvalue weighted by Gasteiger charge is -2.13. The number of aromatic nitrogens is 4. The fourth-order valence-corrected chi connectivity index (χ4v) is 5.46. The molecule has 0 radical (unpaired) electrons. The van der Waals surface area contributed by atoms with Crippen molar-refractivity contribution in [2.45, 2.75) is 44.4 Å². The number of nitrogens with one attached hydrogen (secondary N) is 1. The molecule has 2 aromatic carbocycles. The number of amides is 1. The van der Waals surface area contributed by atoms with E-state index in [9.17, 15) is 31.2 Å². The SMILES string of the molecule is Cc1ccc(-c2cc(C(F)(F)F)nn2-c2ccc(S(=O)(=O)NC(=O)C3CCN(n4on4OCOC(=O)OC(C)C)C3)cc2)cc1. The highest BCUT2D eigenvalue weighted by molar-refractivity contribution is 7.90. The van der Waals surface area contributed by atoms with Crippen molar-refractivity contribution in [3.8, 4) is 16.9 Å². The first kappa shape index (κ1) is 31.6. The lowest BCUT2D eigenvalue weighted by Crippen LogP contribution is -2.38. The number of ether oxygens (including phenoxy) is 2. The number of aryl methyl sites for hydroxylation is 1. The van der Waals surface area contributed by atoms with Crippen molar-refractivity contribution in [3.05, 3.63) is 65.9 Å². The minimum Gasteiger partial charge on any atom is -0.431 e. The minimum atomic E-state index is -4.69. The van der Waals surface area contributed by atoms with Crippen LogP contribution < -0.4 is 14.6 Å². The van der Waals surface area contributed by atoms with Gasteiger partial charge in [-0.15, -0.1) is 0 Å². The number of carbonyl (C=O) groups excluding carboxylic acids is 2. The molecule has 1 N–H and O–H groups in total. The van der Waals surface area contributed by atoms with Gasteiger partial charge in [-0.05, 0) is 57.5 Å². The van der Waals surface area contributed by atoms with Gasteiger partial charge in [0.25, 0.3) is 16.8 Å². The lowest BCUT2D eigenvalue weighted by atomic mass is 10.1. The summed E-state index contributed by atoms with van der Waals surface area (Å²) in [5, 5.41) is 6.20. The van der Waals surface area contributed by atoms with Gasteiger partial charge in [0.05, 0.1) is 34.8 Å². The molecule has 0 bridgehead atoms. The van der Waals surface area contributed by atoms with E-state index in [2.05, 4.69) is 9.82 Å². The quantitative estimate of drug-likeness (QED) is 0.199. The predicted octanol–water partition coefficient (Wildman–Crippen LogP) is 3.47. The Balaban J connectivity index is 1.21. The van der Waals surface area contributed by atoms with Crippen molar-refractivity contribution >= 4 is 22.1 Å². The van der Waals surface area contributed by atoms with Gasteiger partial charge in [0, 0.05) is 17.1 Å². The third kappa shape index (κ3) is 7.44. The van der Waals surface area contributed by atoms with Gasteiger partial charge in [-0.25, -0.2) is 22.6 Å². The Morgan fingerprint density at radius 3 is 2.44 bits per heavy atom. The Labute approximate surface area is 254 Å². The van der Waals surface area contributed by atoms with Crippen LogP contribution >= 0.6 is 0 Å². The topological polar surface area (TPSA) is 152 Å². The summed E-state index contributed by atoms with van der Waals surface area (Å²) in [6, 6.07) is 12.7. The number of hydrogen-bond donors (Lipinski definition) is 1. The summed E-state index contributed by atoms with van der Waals surface area (Å²) < 4.78 is 84.3. The number of halogens is 3. The molecule has 18 heteroatoms. The molecule has 14 nitrogen and oxygen atoms in total. The smallest absolute Gasteiger partial charge is 0.431 e. The second-order valence-corrected chi connectivity index (χ2v) is 12.1. The molecule has 242 valence electrons. The molecule has 4 aromatic rings. The number of benzene rings is 2. The third-order valence-corrected chi connectivity index (χ3v) is 8.05. The van der Waals surface area contributed by atoms with Gasteiger partial charge in [0.1, 0.15) is 5.02 Å². The molecule has 2 aromatic heterocycles. The molecular weight excluding hydrogens is 625 g/mol. The largest absolute Gasteiger partial charge is 0.511 e. The Bertz CT molecular complexity index is 1750. The van der Waals surface area contributed by atoms with Crippen LogP contribution in [-0.4, -0.2) is 66.2 Å². The number of nitrogens with zero attached hydrogens (tertiary/aromatic N) is 5. The highest BCUT2D eigenvalue weighted by atomic mass is 32.2. The van der Waals surface area contributed by atoms with E-state index < -0.39 is 46.7 Å². The summed E-state index contributed by atoms with van der Waals surface area (Å²) in [6.07, 6.45) is -5.68. The van der Waals surface area contributed by atoms with Gasteiger partial charge in [0.15, 0.2) is 5.69 Å². The van der Waals surface area contributed by atoms with Crippen LogP contribution in [0.3, 0.4) is 0 Å². The van der Waals surface area contributed by atoms with E-state index in [1.54, 1.807) is 43.1 Å². The van der Waals surface area contributed by atoms with Crippen LogP contribution in [0.15, 0.2) is 64.1 Å². The van der Waals surface area contributed by atoms with E-state index in [1.807, 2.05) is 6.92 Å². The van der Waals surface area contributed by atoms with E-state index >= 15 is 0 Å². The predicted molar refractivity (Wildman–Crippen MR) is 149 cm³/mol. The summed E-state index contributed by atoms with van der Waals surface area (Å²) >= 11 is 0. The summed E-state index contributed by atoms with van der Waals surface area (Å²) in [5.41, 5.74) is 0.656. The van der Waals surface area contributed by atoms with Gasteiger partial charge in [0.2, 0.25) is 5.91 Å². The van der Waals surface area contributed by atoms with Crippen molar-refractivity contribution in [1.82, 2.24) is 24.5 Å². The standard InChI is InChI=1S/C27H29F3N6O8S/c1-17(2)43-26(38)41-16-42-36-35(44-36)33-13-12-20(15-33)25(37)32-45(39,40)22-10-8-21(9-11-22)34-23(14-24(31-34)27(28,29)30)19-6-4-18(3)5-7-19/h4-11,14,17,20H,12-13,15-16H2,1-3H3,(H,32,37). The average molecular weight is 655 g/mol. The van der Waals surface area contributed by atoms with E-state index in [-0.39, 0.29) is 28.9 Å². The first-order valence-corrected chi connectivity index (χ1v) is 15.1. The fraction of sp³-hybridized carbons (Fsp3) is 0.370. The van der Waals surface area contributed by atoms with E-state index in [0.29, 0.717) is 18.5 Å². The lowest BCUT2D eigenvalue weighted by molar-refractivity contribution is -0.141. The molecular formula is C27H29F3N6O8S. The van der Waals surface area contributed by atoms with Crippen molar-refractivity contribution in [2.24, 2.45) is 5.92 Å². The zero-order chi connectivity index (χ0) is 32.5. The molecule has 1 saturated heterocycles. The molecule has 3 heterocycles. The Morgan fingerprint density at radius 2 is 1.80 bits per heavy atom. The molecule has 1 amide bonds. The zero-order valence-electron chi connectivity index (χ0n) is 24.2. The monoisotopic (exact) mass is 654 g/mol. The van der Waals surface area contributed by atoms with E-state index in [4.69, 9.17) is 18.9 Å². The van der Waals surface area contributed by atoms with Crippen LogP contribution in [0.5, 0.6) is 0 Å². The molecule has 5 rings (SSSR count). The van der Waals surface area contributed by atoms with E-state index in [1.165, 1.54) is 29.2 Å². The molecule has 0 aliphatic carbocycles. The maximum Gasteiger partial charge on any atom is 0.511 e. The van der Waals surface area contributed by atoms with Gasteiger partial charge >= 0.3 is 12.3 Å². The highest BCUT2D eigenvalue weighted by Crippen LogP contribution is 2.33. The second-order valence-electron chi connectivity index (χ2n) is 10.4. The van der Waals surface area contributed by atoms with Crippen LogP contribution in [0.1, 0.15) is 31.5 Å². The molecule has 1 atom stereocenters. The van der Waals surface area contributed by atoms with Crippen molar-refractivity contribution < 1.29 is 50.1 Å². The molecule has 0 spiro atoms. The summed E-state index contributed by atoms with van der Waals surface area (Å²) in [5.74, 6) is -1.47. The Kier molecular flexibility index (Phi) is 8.59. The first-order valence-electron chi connectivity index (χ1n) is 13.6. The van der Waals surface area contributed by atoms with Gasteiger partial charge in [-0.2, -0.15) is 22.9 Å². The molecule has 1 aliphatic heterocycles. The first-order chi connectivity index (χ1) is 21.2. The molecule has 1 fully saturated rings. The Morgan fingerprint density at radius 1 is 1.11 bits per heavy atom. The molecule has 45 heavy (non-hydrogen) atoms. The maximum absolute atomic E-state index is 13.5. The number of sulfonamides is 1. The minimum absolute atomic E-state index is 0.0963. The van der Waals surface area contributed by atoms with Crippen LogP contribution in [-0.2, 0) is 30.5 Å². The van der Waals surface area contributed by atoms with Crippen molar-refractivity contribution in [2.75, 3.05) is 24.9 Å². The summed E-state index contributed by atoms with van der Waals surface area (Å²) in [7, 11) is -4.31. The number of rotatable bonds is 10. The maximum atomic E-state index is 13.5.